The van der Waals surface area contributed by atoms with Crippen molar-refractivity contribution in [3.8, 4) is 5.75 Å². The smallest absolute Gasteiger partial charge is 0.237 e. The number of carbonyl (C=O) groups excluding carboxylic acids is 1. The highest BCUT2D eigenvalue weighted by Crippen LogP contribution is 2.18. The predicted octanol–water partition coefficient (Wildman–Crippen LogP) is 0.428. The summed E-state index contributed by atoms with van der Waals surface area (Å²) in [5, 5.41) is 11.6. The Labute approximate surface area is 130 Å². The molecule has 1 atom stereocenters. The first-order valence-electron chi connectivity index (χ1n) is 7.64. The largest absolute Gasteiger partial charge is 0.491 e. The van der Waals surface area contributed by atoms with E-state index in [2.05, 4.69) is 5.32 Å². The lowest BCUT2D eigenvalue weighted by atomic mass is 9.92. The number of nitrogens with two attached hydrogens (primary N) is 1. The Hall–Kier alpha value is -1.63. The Balaban J connectivity index is 1.77. The molecule has 0 aliphatic carbocycles. The Morgan fingerprint density at radius 2 is 2.05 bits per heavy atom. The van der Waals surface area contributed by atoms with Crippen LogP contribution in [0.15, 0.2) is 24.3 Å². The number of hydrogen-bond donors (Lipinski definition) is 3. The molecule has 0 aromatic heterocycles. The van der Waals surface area contributed by atoms with E-state index in [4.69, 9.17) is 20.3 Å². The van der Waals surface area contributed by atoms with Crippen molar-refractivity contribution in [2.45, 2.75) is 25.4 Å². The third kappa shape index (κ3) is 4.98. The van der Waals surface area contributed by atoms with Crippen molar-refractivity contribution in [1.29, 1.82) is 0 Å². The van der Waals surface area contributed by atoms with Crippen LogP contribution in [0.4, 0.5) is 0 Å². The number of carbonyl (C=O) groups is 1. The summed E-state index contributed by atoms with van der Waals surface area (Å²) in [7, 11) is 0. The monoisotopic (exact) mass is 308 g/mol. The van der Waals surface area contributed by atoms with Gasteiger partial charge in [0.2, 0.25) is 5.91 Å². The molecule has 4 N–H and O–H groups in total. The van der Waals surface area contributed by atoms with E-state index in [0.717, 1.165) is 18.4 Å². The Kier molecular flexibility index (Phi) is 6.64. The molecule has 1 unspecified atom stereocenters. The number of benzene rings is 1. The third-order valence-electron chi connectivity index (χ3n) is 3.83. The molecule has 122 valence electrons. The molecule has 1 aromatic rings. The fourth-order valence-electron chi connectivity index (χ4n) is 2.46. The molecule has 1 aromatic carbocycles. The third-order valence-corrected chi connectivity index (χ3v) is 3.83. The lowest BCUT2D eigenvalue weighted by Crippen LogP contribution is -2.46. The molecule has 22 heavy (non-hydrogen) atoms. The standard InChI is InChI=1S/C16H24N2O4/c17-15(13-5-8-21-9-6-13)16(20)18-11-12-1-3-14(4-2-12)22-10-7-19/h1-4,13,15,19H,5-11,17H2,(H,18,20). The molecule has 1 heterocycles. The van der Waals surface area contributed by atoms with Crippen molar-refractivity contribution >= 4 is 5.91 Å². The molecule has 6 heteroatoms. The Morgan fingerprint density at radius 1 is 1.36 bits per heavy atom. The van der Waals surface area contributed by atoms with E-state index >= 15 is 0 Å². The maximum absolute atomic E-state index is 12.1. The van der Waals surface area contributed by atoms with Crippen LogP contribution in [0.2, 0.25) is 0 Å². The molecule has 1 saturated heterocycles. The minimum absolute atomic E-state index is 0.0120. The van der Waals surface area contributed by atoms with Crippen LogP contribution in [0.5, 0.6) is 5.75 Å². The van der Waals surface area contributed by atoms with Gasteiger partial charge in [0.1, 0.15) is 12.4 Å². The average molecular weight is 308 g/mol. The van der Waals surface area contributed by atoms with E-state index < -0.39 is 6.04 Å². The summed E-state index contributed by atoms with van der Waals surface area (Å²) in [4.78, 5) is 12.1. The first-order chi connectivity index (χ1) is 10.7. The van der Waals surface area contributed by atoms with Crippen LogP contribution in [0.1, 0.15) is 18.4 Å². The number of nitrogens with one attached hydrogen (secondary N) is 1. The van der Waals surface area contributed by atoms with Crippen molar-refractivity contribution in [3.05, 3.63) is 29.8 Å². The van der Waals surface area contributed by atoms with Gasteiger partial charge in [0, 0.05) is 19.8 Å². The zero-order valence-corrected chi connectivity index (χ0v) is 12.7. The number of ether oxygens (including phenoxy) is 2. The normalized spacial score (nSPS) is 17.0. The second-order valence-electron chi connectivity index (χ2n) is 5.41. The second-order valence-corrected chi connectivity index (χ2v) is 5.41. The zero-order valence-electron chi connectivity index (χ0n) is 12.7. The maximum Gasteiger partial charge on any atom is 0.237 e. The minimum atomic E-state index is -0.476. The lowest BCUT2D eigenvalue weighted by Gasteiger charge is -2.26. The average Bonchev–Trinajstić information content (AvgIpc) is 2.58. The summed E-state index contributed by atoms with van der Waals surface area (Å²) >= 11 is 0. The summed E-state index contributed by atoms with van der Waals surface area (Å²) in [5.41, 5.74) is 7.00. The molecule has 1 fully saturated rings. The van der Waals surface area contributed by atoms with Crippen LogP contribution in [-0.4, -0.2) is 43.5 Å². The van der Waals surface area contributed by atoms with Crippen molar-refractivity contribution in [1.82, 2.24) is 5.32 Å². The molecular formula is C16H24N2O4. The van der Waals surface area contributed by atoms with Gasteiger partial charge in [-0.15, -0.1) is 0 Å². The first kappa shape index (κ1) is 16.7. The number of rotatable bonds is 7. The molecule has 0 bridgehead atoms. The van der Waals surface area contributed by atoms with Gasteiger partial charge in [0.05, 0.1) is 12.6 Å². The highest BCUT2D eigenvalue weighted by atomic mass is 16.5. The van der Waals surface area contributed by atoms with Gasteiger partial charge in [-0.3, -0.25) is 4.79 Å². The van der Waals surface area contributed by atoms with Gasteiger partial charge in [-0.05, 0) is 36.5 Å². The number of amides is 1. The van der Waals surface area contributed by atoms with Crippen molar-refractivity contribution in [2.24, 2.45) is 11.7 Å². The minimum Gasteiger partial charge on any atom is -0.491 e. The van der Waals surface area contributed by atoms with Crippen molar-refractivity contribution < 1.29 is 19.4 Å². The van der Waals surface area contributed by atoms with E-state index in [1.807, 2.05) is 24.3 Å². The van der Waals surface area contributed by atoms with Gasteiger partial charge in [-0.25, -0.2) is 0 Å². The lowest BCUT2D eigenvalue weighted by molar-refractivity contribution is -0.124. The second kappa shape index (κ2) is 8.73. The van der Waals surface area contributed by atoms with Crippen LogP contribution >= 0.6 is 0 Å². The SMILES string of the molecule is NC(C(=O)NCc1ccc(OCCO)cc1)C1CCOCC1. The molecule has 6 nitrogen and oxygen atoms in total. The first-order valence-corrected chi connectivity index (χ1v) is 7.64. The van der Waals surface area contributed by atoms with Gasteiger partial charge in [0.15, 0.2) is 0 Å². The summed E-state index contributed by atoms with van der Waals surface area (Å²) < 4.78 is 10.6. The van der Waals surface area contributed by atoms with E-state index in [1.54, 1.807) is 0 Å². The summed E-state index contributed by atoms with van der Waals surface area (Å²) in [6.07, 6.45) is 1.68. The van der Waals surface area contributed by atoms with E-state index in [0.29, 0.717) is 25.5 Å². The van der Waals surface area contributed by atoms with E-state index in [1.165, 1.54) is 0 Å². The van der Waals surface area contributed by atoms with Crippen molar-refractivity contribution in [2.75, 3.05) is 26.4 Å². The van der Waals surface area contributed by atoms with Crippen LogP contribution in [0.3, 0.4) is 0 Å². The van der Waals surface area contributed by atoms with Gasteiger partial charge in [-0.2, -0.15) is 0 Å². The topological polar surface area (TPSA) is 93.8 Å². The molecule has 0 spiro atoms. The maximum atomic E-state index is 12.1. The summed E-state index contributed by atoms with van der Waals surface area (Å²) in [6, 6.07) is 6.92. The molecular weight excluding hydrogens is 284 g/mol. The number of aliphatic hydroxyl groups excluding tert-OH is 1. The quantitative estimate of drug-likeness (QED) is 0.679. The van der Waals surface area contributed by atoms with Crippen molar-refractivity contribution in [3.63, 3.8) is 0 Å². The van der Waals surface area contributed by atoms with Crippen LogP contribution in [0.25, 0.3) is 0 Å². The van der Waals surface area contributed by atoms with E-state index in [-0.39, 0.29) is 25.0 Å². The van der Waals surface area contributed by atoms with E-state index in [9.17, 15) is 4.79 Å². The number of aliphatic hydroxyl groups is 1. The molecule has 2 rings (SSSR count). The van der Waals surface area contributed by atoms with Gasteiger partial charge < -0.3 is 25.6 Å². The molecule has 1 amide bonds. The predicted molar refractivity (Wildman–Crippen MR) is 82.4 cm³/mol. The van der Waals surface area contributed by atoms with Gasteiger partial charge in [-0.1, -0.05) is 12.1 Å². The summed E-state index contributed by atoms with van der Waals surface area (Å²) in [6.45, 7) is 2.07. The molecule has 1 aliphatic heterocycles. The molecule has 0 radical (unpaired) electrons. The van der Waals surface area contributed by atoms with Crippen LogP contribution < -0.4 is 15.8 Å². The highest BCUT2D eigenvalue weighted by Gasteiger charge is 2.26. The zero-order chi connectivity index (χ0) is 15.8. The fourth-order valence-corrected chi connectivity index (χ4v) is 2.46. The molecule has 1 aliphatic rings. The Morgan fingerprint density at radius 3 is 2.68 bits per heavy atom. The molecule has 0 saturated carbocycles. The summed E-state index contributed by atoms with van der Waals surface area (Å²) in [5.74, 6) is 0.776. The number of hydrogen-bond acceptors (Lipinski definition) is 5. The fraction of sp³-hybridized carbons (Fsp3) is 0.562. The van der Waals surface area contributed by atoms with Crippen LogP contribution in [-0.2, 0) is 16.1 Å². The van der Waals surface area contributed by atoms with Crippen LogP contribution in [0, 0.1) is 5.92 Å². The van der Waals surface area contributed by atoms with Gasteiger partial charge in [0.25, 0.3) is 0 Å². The van der Waals surface area contributed by atoms with Gasteiger partial charge >= 0.3 is 0 Å². The highest BCUT2D eigenvalue weighted by molar-refractivity contribution is 5.81. The Bertz CT molecular complexity index is 458.